The predicted molar refractivity (Wildman–Crippen MR) is 63.9 cm³/mol. The van der Waals surface area contributed by atoms with Gasteiger partial charge in [0, 0.05) is 31.0 Å². The van der Waals surface area contributed by atoms with Crippen LogP contribution < -0.4 is 0 Å². The number of rotatable bonds is 1. The molecule has 16 heavy (non-hydrogen) atoms. The van der Waals surface area contributed by atoms with Gasteiger partial charge in [0.05, 0.1) is 5.02 Å². The molecule has 3 rings (SSSR count). The molecule has 2 nitrogen and oxygen atoms in total. The van der Waals surface area contributed by atoms with Crippen LogP contribution in [0, 0.1) is 5.92 Å². The standard InChI is InChI=1S/C13H16ClNO/c14-11-7-10-1-2-12(13(10)15-8-11)9-3-5-16-6-4-9/h7-9,12H,1-6H2/t12-/m0/s1. The van der Waals surface area contributed by atoms with Crippen molar-refractivity contribution in [3.63, 3.8) is 0 Å². The van der Waals surface area contributed by atoms with Crippen LogP contribution in [0.1, 0.15) is 36.4 Å². The van der Waals surface area contributed by atoms with Crippen LogP contribution in [0.2, 0.25) is 5.02 Å². The molecule has 0 unspecified atom stereocenters. The first-order valence-corrected chi connectivity index (χ1v) is 6.44. The van der Waals surface area contributed by atoms with Gasteiger partial charge in [-0.1, -0.05) is 11.6 Å². The molecule has 2 aliphatic rings. The molecule has 1 fully saturated rings. The number of fused-ring (bicyclic) bond motifs is 1. The van der Waals surface area contributed by atoms with Crippen LogP contribution in [-0.2, 0) is 11.2 Å². The van der Waals surface area contributed by atoms with Gasteiger partial charge in [0.15, 0.2) is 0 Å². The predicted octanol–water partition coefficient (Wildman–Crippen LogP) is 3.19. The van der Waals surface area contributed by atoms with Crippen LogP contribution in [0.25, 0.3) is 0 Å². The van der Waals surface area contributed by atoms with E-state index in [4.69, 9.17) is 16.3 Å². The summed E-state index contributed by atoms with van der Waals surface area (Å²) in [6.45, 7) is 1.84. The number of halogens is 1. The minimum absolute atomic E-state index is 0.649. The molecule has 2 heterocycles. The van der Waals surface area contributed by atoms with Crippen molar-refractivity contribution in [3.05, 3.63) is 28.5 Å². The lowest BCUT2D eigenvalue weighted by molar-refractivity contribution is 0.0575. The second-order valence-corrected chi connectivity index (χ2v) is 5.23. The molecule has 0 N–H and O–H groups in total. The molecule has 0 saturated carbocycles. The molecule has 1 aromatic rings. The fourth-order valence-electron chi connectivity index (χ4n) is 3.05. The lowest BCUT2D eigenvalue weighted by atomic mass is 9.84. The van der Waals surface area contributed by atoms with Gasteiger partial charge in [-0.25, -0.2) is 0 Å². The smallest absolute Gasteiger partial charge is 0.0592 e. The molecule has 1 atom stereocenters. The maximum absolute atomic E-state index is 5.97. The Morgan fingerprint density at radius 3 is 2.88 bits per heavy atom. The Hall–Kier alpha value is -0.600. The van der Waals surface area contributed by atoms with Crippen molar-refractivity contribution in [2.24, 2.45) is 5.92 Å². The second kappa shape index (κ2) is 4.34. The summed E-state index contributed by atoms with van der Waals surface area (Å²) in [5, 5.41) is 0.770. The van der Waals surface area contributed by atoms with Crippen LogP contribution in [0.3, 0.4) is 0 Å². The Morgan fingerprint density at radius 1 is 1.25 bits per heavy atom. The lowest BCUT2D eigenvalue weighted by Gasteiger charge is -2.27. The molecule has 0 radical (unpaired) electrons. The van der Waals surface area contributed by atoms with Crippen LogP contribution in [-0.4, -0.2) is 18.2 Å². The first kappa shape index (κ1) is 10.5. The number of ether oxygens (including phenoxy) is 1. The molecular weight excluding hydrogens is 222 g/mol. The van der Waals surface area contributed by atoms with Crippen molar-refractivity contribution in [1.29, 1.82) is 0 Å². The lowest BCUT2D eigenvalue weighted by Crippen LogP contribution is -2.21. The van der Waals surface area contributed by atoms with E-state index in [1.54, 1.807) is 6.20 Å². The Labute approximate surface area is 101 Å². The van der Waals surface area contributed by atoms with E-state index in [2.05, 4.69) is 11.1 Å². The van der Waals surface area contributed by atoms with Crippen molar-refractivity contribution in [2.75, 3.05) is 13.2 Å². The van der Waals surface area contributed by atoms with Gasteiger partial charge in [0.2, 0.25) is 0 Å². The second-order valence-electron chi connectivity index (χ2n) is 4.79. The molecule has 0 aromatic carbocycles. The van der Waals surface area contributed by atoms with Crippen molar-refractivity contribution in [1.82, 2.24) is 4.98 Å². The number of aromatic nitrogens is 1. The van der Waals surface area contributed by atoms with Gasteiger partial charge in [-0.3, -0.25) is 4.98 Å². The summed E-state index contributed by atoms with van der Waals surface area (Å²) in [7, 11) is 0. The van der Waals surface area contributed by atoms with E-state index in [9.17, 15) is 0 Å². The molecule has 1 aliphatic carbocycles. The average Bonchev–Trinajstić information content (AvgIpc) is 2.73. The molecule has 1 aromatic heterocycles. The fourth-order valence-corrected chi connectivity index (χ4v) is 3.23. The van der Waals surface area contributed by atoms with Crippen molar-refractivity contribution >= 4 is 11.6 Å². The van der Waals surface area contributed by atoms with Crippen molar-refractivity contribution < 1.29 is 4.74 Å². The topological polar surface area (TPSA) is 22.1 Å². The van der Waals surface area contributed by atoms with Crippen molar-refractivity contribution in [2.45, 2.75) is 31.6 Å². The summed E-state index contributed by atoms with van der Waals surface area (Å²) >= 11 is 5.97. The van der Waals surface area contributed by atoms with E-state index in [0.717, 1.165) is 30.6 Å². The summed E-state index contributed by atoms with van der Waals surface area (Å²) in [4.78, 5) is 4.54. The maximum Gasteiger partial charge on any atom is 0.0592 e. The van der Waals surface area contributed by atoms with Gasteiger partial charge in [0.25, 0.3) is 0 Å². The Kier molecular flexibility index (Phi) is 2.86. The number of aryl methyl sites for hydroxylation is 1. The van der Waals surface area contributed by atoms with E-state index in [0.29, 0.717) is 5.92 Å². The Morgan fingerprint density at radius 2 is 2.06 bits per heavy atom. The molecule has 1 aliphatic heterocycles. The third-order valence-electron chi connectivity index (χ3n) is 3.88. The van der Waals surface area contributed by atoms with Gasteiger partial charge >= 0.3 is 0 Å². The third kappa shape index (κ3) is 1.85. The van der Waals surface area contributed by atoms with E-state index >= 15 is 0 Å². The molecule has 0 bridgehead atoms. The molecular formula is C13H16ClNO. The van der Waals surface area contributed by atoms with Crippen LogP contribution in [0.15, 0.2) is 12.3 Å². The zero-order valence-corrected chi connectivity index (χ0v) is 10.0. The molecule has 0 amide bonds. The maximum atomic E-state index is 5.97. The monoisotopic (exact) mass is 237 g/mol. The van der Waals surface area contributed by atoms with Gasteiger partial charge in [0.1, 0.15) is 0 Å². The minimum atomic E-state index is 0.649. The first-order valence-electron chi connectivity index (χ1n) is 6.06. The number of pyridine rings is 1. The van der Waals surface area contributed by atoms with Gasteiger partial charge in [-0.15, -0.1) is 0 Å². The molecule has 86 valence electrons. The van der Waals surface area contributed by atoms with Crippen LogP contribution >= 0.6 is 11.6 Å². The molecule has 0 spiro atoms. The Bertz CT molecular complexity index is 388. The van der Waals surface area contributed by atoms with Crippen LogP contribution in [0.5, 0.6) is 0 Å². The van der Waals surface area contributed by atoms with E-state index in [1.165, 1.54) is 30.5 Å². The number of hydrogen-bond acceptors (Lipinski definition) is 2. The van der Waals surface area contributed by atoms with E-state index < -0.39 is 0 Å². The largest absolute Gasteiger partial charge is 0.381 e. The summed E-state index contributed by atoms with van der Waals surface area (Å²) in [6.07, 6.45) is 6.55. The van der Waals surface area contributed by atoms with E-state index in [1.807, 2.05) is 0 Å². The van der Waals surface area contributed by atoms with E-state index in [-0.39, 0.29) is 0 Å². The highest BCUT2D eigenvalue weighted by molar-refractivity contribution is 6.30. The molecule has 1 saturated heterocycles. The summed E-state index contributed by atoms with van der Waals surface area (Å²) in [6, 6.07) is 2.09. The Balaban J connectivity index is 1.84. The zero-order chi connectivity index (χ0) is 11.0. The fraction of sp³-hybridized carbons (Fsp3) is 0.615. The normalized spacial score (nSPS) is 25.7. The third-order valence-corrected chi connectivity index (χ3v) is 4.09. The summed E-state index contributed by atoms with van der Waals surface area (Å²) < 4.78 is 5.42. The number of hydrogen-bond donors (Lipinski definition) is 0. The molecule has 3 heteroatoms. The van der Waals surface area contributed by atoms with Crippen LogP contribution in [0.4, 0.5) is 0 Å². The average molecular weight is 238 g/mol. The summed E-state index contributed by atoms with van der Waals surface area (Å²) in [5.41, 5.74) is 2.67. The highest BCUT2D eigenvalue weighted by atomic mass is 35.5. The van der Waals surface area contributed by atoms with Gasteiger partial charge in [-0.05, 0) is 43.2 Å². The minimum Gasteiger partial charge on any atom is -0.381 e. The SMILES string of the molecule is Clc1cnc2c(c1)CC[C@H]2C1CCOCC1. The highest BCUT2D eigenvalue weighted by Gasteiger charge is 2.32. The number of nitrogens with zero attached hydrogens (tertiary/aromatic N) is 1. The quantitative estimate of drug-likeness (QED) is 0.749. The zero-order valence-electron chi connectivity index (χ0n) is 9.29. The van der Waals surface area contributed by atoms with Gasteiger partial charge < -0.3 is 4.74 Å². The van der Waals surface area contributed by atoms with Crippen molar-refractivity contribution in [3.8, 4) is 0 Å². The highest BCUT2D eigenvalue weighted by Crippen LogP contribution is 2.41. The van der Waals surface area contributed by atoms with Gasteiger partial charge in [-0.2, -0.15) is 0 Å². The first-order chi connectivity index (χ1) is 7.84. The summed E-state index contributed by atoms with van der Waals surface area (Å²) in [5.74, 6) is 1.42.